The number of amides is 2. The summed E-state index contributed by atoms with van der Waals surface area (Å²) in [4.78, 5) is 27.9. The molecule has 7 heteroatoms. The highest BCUT2D eigenvalue weighted by molar-refractivity contribution is 5.99. The summed E-state index contributed by atoms with van der Waals surface area (Å²) in [5, 5.41) is 5.59. The number of hydrogen-bond donors (Lipinski definition) is 3. The third-order valence-corrected chi connectivity index (χ3v) is 3.84. The highest BCUT2D eigenvalue weighted by Crippen LogP contribution is 2.21. The van der Waals surface area contributed by atoms with Gasteiger partial charge in [-0.05, 0) is 42.0 Å². The molecule has 0 saturated heterocycles. The van der Waals surface area contributed by atoms with Crippen LogP contribution in [0.1, 0.15) is 26.3 Å². The minimum absolute atomic E-state index is 0.202. The maximum atomic E-state index is 13.9. The number of benzene rings is 2. The molecule has 2 aromatic carbocycles. The van der Waals surface area contributed by atoms with Crippen LogP contribution in [0.4, 0.5) is 15.9 Å². The maximum absolute atomic E-state index is 13.9. The predicted molar refractivity (Wildman–Crippen MR) is 100 cm³/mol. The first kappa shape index (κ1) is 18.1. The maximum Gasteiger partial charge on any atom is 0.255 e. The van der Waals surface area contributed by atoms with Crippen LogP contribution < -0.4 is 16.4 Å². The Balaban J connectivity index is 1.75. The molecular formula is C20H17FN4O2. The van der Waals surface area contributed by atoms with Gasteiger partial charge in [-0.1, -0.05) is 24.3 Å². The lowest BCUT2D eigenvalue weighted by molar-refractivity contribution is 0.0950. The van der Waals surface area contributed by atoms with Gasteiger partial charge in [-0.15, -0.1) is 0 Å². The average molecular weight is 364 g/mol. The van der Waals surface area contributed by atoms with Gasteiger partial charge in [0.15, 0.2) is 0 Å². The number of carbonyl (C=O) groups excluding carboxylic acids is 2. The van der Waals surface area contributed by atoms with Gasteiger partial charge in [-0.2, -0.15) is 0 Å². The summed E-state index contributed by atoms with van der Waals surface area (Å²) in [5.74, 6) is -1.12. The molecule has 3 aromatic rings. The molecule has 1 aromatic heterocycles. The fourth-order valence-corrected chi connectivity index (χ4v) is 2.49. The van der Waals surface area contributed by atoms with Gasteiger partial charge in [-0.25, -0.2) is 9.37 Å². The van der Waals surface area contributed by atoms with Crippen molar-refractivity contribution in [1.82, 2.24) is 10.3 Å². The molecule has 136 valence electrons. The molecule has 27 heavy (non-hydrogen) atoms. The number of anilines is 2. The highest BCUT2D eigenvalue weighted by atomic mass is 19.1. The van der Waals surface area contributed by atoms with Crippen molar-refractivity contribution in [3.05, 3.63) is 89.4 Å². The van der Waals surface area contributed by atoms with Crippen LogP contribution in [0.5, 0.6) is 0 Å². The van der Waals surface area contributed by atoms with Gasteiger partial charge in [0.25, 0.3) is 5.91 Å². The first-order chi connectivity index (χ1) is 13.0. The molecule has 0 aliphatic rings. The minimum Gasteiger partial charge on any atom is -0.366 e. The normalized spacial score (nSPS) is 10.3. The van der Waals surface area contributed by atoms with E-state index in [4.69, 9.17) is 5.73 Å². The lowest BCUT2D eigenvalue weighted by atomic mass is 10.1. The van der Waals surface area contributed by atoms with E-state index in [-0.39, 0.29) is 29.5 Å². The molecule has 0 atom stereocenters. The Hall–Kier alpha value is -3.74. The van der Waals surface area contributed by atoms with Crippen molar-refractivity contribution in [2.45, 2.75) is 6.54 Å². The molecule has 3 rings (SSSR count). The van der Waals surface area contributed by atoms with E-state index in [9.17, 15) is 14.0 Å². The predicted octanol–water partition coefficient (Wildman–Crippen LogP) is 2.99. The third kappa shape index (κ3) is 4.46. The first-order valence-corrected chi connectivity index (χ1v) is 8.18. The molecule has 6 nitrogen and oxygen atoms in total. The number of primary amides is 1. The number of nitrogens with one attached hydrogen (secondary N) is 2. The summed E-state index contributed by atoms with van der Waals surface area (Å²) < 4.78 is 13.9. The van der Waals surface area contributed by atoms with Crippen molar-refractivity contribution in [3.8, 4) is 0 Å². The number of carbonyl (C=O) groups is 2. The van der Waals surface area contributed by atoms with Crippen molar-refractivity contribution >= 4 is 23.3 Å². The van der Waals surface area contributed by atoms with Crippen LogP contribution in [0.3, 0.4) is 0 Å². The van der Waals surface area contributed by atoms with Gasteiger partial charge < -0.3 is 16.4 Å². The van der Waals surface area contributed by atoms with E-state index in [0.717, 1.165) is 5.56 Å². The molecule has 0 radical (unpaired) electrons. The van der Waals surface area contributed by atoms with Crippen LogP contribution >= 0.6 is 0 Å². The van der Waals surface area contributed by atoms with Gasteiger partial charge in [0, 0.05) is 18.3 Å². The van der Waals surface area contributed by atoms with E-state index >= 15 is 0 Å². The van der Waals surface area contributed by atoms with Gasteiger partial charge in [0.1, 0.15) is 11.6 Å². The lowest BCUT2D eigenvalue weighted by Gasteiger charge is -2.12. The topological polar surface area (TPSA) is 97.1 Å². The molecule has 0 aliphatic carbocycles. The number of nitrogens with zero attached hydrogens (tertiary/aromatic N) is 1. The largest absolute Gasteiger partial charge is 0.366 e. The van der Waals surface area contributed by atoms with Crippen molar-refractivity contribution in [1.29, 1.82) is 0 Å². The summed E-state index contributed by atoms with van der Waals surface area (Å²) in [6.45, 7) is 0.202. The molecule has 4 N–H and O–H groups in total. The monoisotopic (exact) mass is 364 g/mol. The number of pyridine rings is 1. The smallest absolute Gasteiger partial charge is 0.255 e. The summed E-state index contributed by atoms with van der Waals surface area (Å²) in [6.07, 6.45) is 1.51. The molecular weight excluding hydrogens is 347 g/mol. The number of halogens is 1. The molecule has 0 fully saturated rings. The van der Waals surface area contributed by atoms with E-state index in [1.807, 2.05) is 0 Å². The van der Waals surface area contributed by atoms with Crippen LogP contribution in [0.2, 0.25) is 0 Å². The van der Waals surface area contributed by atoms with Gasteiger partial charge in [-0.3, -0.25) is 9.59 Å². The van der Waals surface area contributed by atoms with E-state index < -0.39 is 11.7 Å². The fourth-order valence-electron chi connectivity index (χ4n) is 2.49. The Morgan fingerprint density at radius 2 is 1.85 bits per heavy atom. The Labute approximate surface area is 155 Å². The molecule has 0 bridgehead atoms. The van der Waals surface area contributed by atoms with Crippen LogP contribution in [0.15, 0.2) is 66.9 Å². The van der Waals surface area contributed by atoms with E-state index in [1.165, 1.54) is 12.3 Å². The lowest BCUT2D eigenvalue weighted by Crippen LogP contribution is -2.24. The van der Waals surface area contributed by atoms with Crippen molar-refractivity contribution in [3.63, 3.8) is 0 Å². The van der Waals surface area contributed by atoms with Crippen molar-refractivity contribution in [2.24, 2.45) is 5.73 Å². The number of rotatable bonds is 6. The van der Waals surface area contributed by atoms with Crippen LogP contribution in [0, 0.1) is 5.82 Å². The Morgan fingerprint density at radius 1 is 1.04 bits per heavy atom. The van der Waals surface area contributed by atoms with E-state index in [2.05, 4.69) is 15.6 Å². The molecule has 2 amide bonds. The minimum atomic E-state index is -0.535. The van der Waals surface area contributed by atoms with Crippen molar-refractivity contribution < 1.29 is 14.0 Å². The number of hydrogen-bond acceptors (Lipinski definition) is 4. The quantitative estimate of drug-likeness (QED) is 0.626. The van der Waals surface area contributed by atoms with Crippen LogP contribution in [-0.2, 0) is 6.54 Å². The zero-order valence-electron chi connectivity index (χ0n) is 14.3. The number of aromatic nitrogens is 1. The van der Waals surface area contributed by atoms with E-state index in [0.29, 0.717) is 5.56 Å². The molecule has 0 unspecified atom stereocenters. The fraction of sp³-hybridized carbons (Fsp3) is 0.0500. The van der Waals surface area contributed by atoms with Crippen molar-refractivity contribution in [2.75, 3.05) is 5.32 Å². The second kappa shape index (κ2) is 8.09. The second-order valence-corrected chi connectivity index (χ2v) is 5.75. The SMILES string of the molecule is NC(=O)c1cccc(CNC(=O)c2cccnc2Nc2ccccc2F)c1. The number of para-hydroxylation sites is 1. The summed E-state index contributed by atoms with van der Waals surface area (Å²) in [7, 11) is 0. The van der Waals surface area contributed by atoms with Gasteiger partial charge in [0.2, 0.25) is 5.91 Å². The molecule has 1 heterocycles. The summed E-state index contributed by atoms with van der Waals surface area (Å²) >= 11 is 0. The molecule has 0 spiro atoms. The first-order valence-electron chi connectivity index (χ1n) is 8.18. The number of nitrogens with two attached hydrogens (primary N) is 1. The van der Waals surface area contributed by atoms with E-state index in [1.54, 1.807) is 54.6 Å². The van der Waals surface area contributed by atoms with Gasteiger partial charge in [0.05, 0.1) is 11.3 Å². The highest BCUT2D eigenvalue weighted by Gasteiger charge is 2.13. The zero-order valence-corrected chi connectivity index (χ0v) is 14.3. The molecule has 0 saturated carbocycles. The van der Waals surface area contributed by atoms with Crippen LogP contribution in [0.25, 0.3) is 0 Å². The summed E-state index contributed by atoms with van der Waals surface area (Å²) in [5.41, 5.74) is 6.85. The average Bonchev–Trinajstić information content (AvgIpc) is 2.68. The van der Waals surface area contributed by atoms with Crippen LogP contribution in [-0.4, -0.2) is 16.8 Å². The standard InChI is InChI=1S/C20H17FN4O2/c21-16-8-1-2-9-17(16)25-19-15(7-4-10-23-19)20(27)24-12-13-5-3-6-14(11-13)18(22)26/h1-11H,12H2,(H2,22,26)(H,23,25)(H,24,27). The second-order valence-electron chi connectivity index (χ2n) is 5.75. The Kier molecular flexibility index (Phi) is 5.41. The zero-order chi connectivity index (χ0) is 19.2. The van der Waals surface area contributed by atoms with Gasteiger partial charge >= 0.3 is 0 Å². The molecule has 0 aliphatic heterocycles. The Morgan fingerprint density at radius 3 is 2.63 bits per heavy atom. The summed E-state index contributed by atoms with van der Waals surface area (Å²) in [6, 6.07) is 16.0. The third-order valence-electron chi connectivity index (χ3n) is 3.84. The Bertz CT molecular complexity index is 991.